The minimum absolute atomic E-state index is 0.535. The van der Waals surface area contributed by atoms with Crippen molar-refractivity contribution in [2.75, 3.05) is 0 Å². The van der Waals surface area contributed by atoms with Gasteiger partial charge in [-0.3, -0.25) is 0 Å². The molecule has 8 aromatic carbocycles. The number of hydrogen-bond acceptors (Lipinski definition) is 1. The quantitative estimate of drug-likeness (QED) is 0.165. The van der Waals surface area contributed by atoms with Crippen molar-refractivity contribution in [3.8, 4) is 50.8 Å². The number of hydrogen-bond donors (Lipinski definition) is 0. The maximum Gasteiger partial charge on any atom is 0.212 e. The smallest absolute Gasteiger partial charge is 0.212 e. The van der Waals surface area contributed by atoms with Gasteiger partial charge in [-0.25, -0.2) is 4.85 Å². The molecule has 0 amide bonds. The zero-order valence-corrected chi connectivity index (χ0v) is 30.0. The summed E-state index contributed by atoms with van der Waals surface area (Å²) in [5.74, 6) is 0. The molecular formula is C51H32N4. The summed E-state index contributed by atoms with van der Waals surface area (Å²) in [5, 5.41) is 14.5. The van der Waals surface area contributed by atoms with Gasteiger partial charge in [0.1, 0.15) is 0 Å². The monoisotopic (exact) mass is 700 g/mol. The van der Waals surface area contributed by atoms with E-state index in [9.17, 15) is 5.26 Å². The van der Waals surface area contributed by atoms with E-state index in [1.807, 2.05) is 30.3 Å². The number of rotatable bonds is 5. The largest absolute Gasteiger partial charge is 0.319 e. The molecule has 0 aliphatic rings. The normalized spacial score (nSPS) is 11.3. The maximum absolute atomic E-state index is 10.0. The second kappa shape index (κ2) is 12.8. The molecule has 10 rings (SSSR count). The van der Waals surface area contributed by atoms with Gasteiger partial charge in [0.05, 0.1) is 46.0 Å². The number of para-hydroxylation sites is 2. The van der Waals surface area contributed by atoms with Crippen LogP contribution in [0.15, 0.2) is 176 Å². The van der Waals surface area contributed by atoms with E-state index in [0.717, 1.165) is 88.4 Å². The molecule has 0 atom stereocenters. The third kappa shape index (κ3) is 5.20. The predicted octanol–water partition coefficient (Wildman–Crippen LogP) is 13.6. The van der Waals surface area contributed by atoms with E-state index < -0.39 is 0 Å². The summed E-state index contributed by atoms with van der Waals surface area (Å²) < 4.78 is 4.52. The predicted molar refractivity (Wildman–Crippen MR) is 227 cm³/mol. The fraction of sp³-hybridized carbons (Fsp3) is 0.0196. The van der Waals surface area contributed by atoms with Crippen LogP contribution >= 0.6 is 0 Å². The Morgan fingerprint density at radius 1 is 0.455 bits per heavy atom. The van der Waals surface area contributed by atoms with Gasteiger partial charge >= 0.3 is 0 Å². The van der Waals surface area contributed by atoms with Crippen LogP contribution in [-0.4, -0.2) is 9.13 Å². The Kier molecular flexibility index (Phi) is 7.44. The molecule has 0 aliphatic heterocycles. The zero-order valence-electron chi connectivity index (χ0n) is 30.0. The molecule has 4 heteroatoms. The lowest BCUT2D eigenvalue weighted by Crippen LogP contribution is -2.01. The van der Waals surface area contributed by atoms with Crippen molar-refractivity contribution in [3.63, 3.8) is 0 Å². The first-order chi connectivity index (χ1) is 27.1. The number of aromatic nitrogens is 2. The highest BCUT2D eigenvalue weighted by atomic mass is 15.0. The summed E-state index contributed by atoms with van der Waals surface area (Å²) in [4.78, 5) is 4.23. The van der Waals surface area contributed by atoms with Crippen LogP contribution in [0.25, 0.3) is 93.2 Å². The summed E-state index contributed by atoms with van der Waals surface area (Å²) in [6.07, 6.45) is 0. The molecule has 256 valence electrons. The summed E-state index contributed by atoms with van der Waals surface area (Å²) in [5.41, 5.74) is 14.6. The van der Waals surface area contributed by atoms with Gasteiger partial charge in [0.2, 0.25) is 5.69 Å². The molecule has 0 spiro atoms. The molecule has 0 fully saturated rings. The number of aryl methyl sites for hydroxylation is 1. The van der Waals surface area contributed by atoms with Gasteiger partial charge in [-0.1, -0.05) is 121 Å². The highest BCUT2D eigenvalue weighted by Crippen LogP contribution is 2.44. The van der Waals surface area contributed by atoms with Crippen LogP contribution in [0.1, 0.15) is 11.1 Å². The molecule has 0 radical (unpaired) electrons. The Morgan fingerprint density at radius 2 is 0.982 bits per heavy atom. The minimum atomic E-state index is 0.535. The van der Waals surface area contributed by atoms with E-state index in [1.165, 1.54) is 5.56 Å². The minimum Gasteiger partial charge on any atom is -0.319 e. The molecule has 55 heavy (non-hydrogen) atoms. The van der Waals surface area contributed by atoms with Gasteiger partial charge in [-0.2, -0.15) is 5.26 Å². The van der Waals surface area contributed by atoms with Gasteiger partial charge in [0, 0.05) is 32.8 Å². The highest BCUT2D eigenvalue weighted by Gasteiger charge is 2.22. The van der Waals surface area contributed by atoms with Crippen LogP contribution in [-0.2, 0) is 0 Å². The summed E-state index contributed by atoms with van der Waals surface area (Å²) in [7, 11) is 0. The van der Waals surface area contributed by atoms with Crippen LogP contribution < -0.4 is 0 Å². The standard InChI is InChI=1S/C51H32N4/c1-33-19-21-36(22-20-33)38-24-26-49-44(29-38)41-16-7-9-18-47(41)55(49)51-30-42(39-14-10-11-34(27-39)32-52)50(31-45(51)53-2)54-46-17-8-6-15-40(46)43-28-37(23-25-48(43)54)35-12-4-3-5-13-35/h3-31H,1H3. The Bertz CT molecular complexity index is 3220. The van der Waals surface area contributed by atoms with Crippen molar-refractivity contribution in [2.24, 2.45) is 0 Å². The van der Waals surface area contributed by atoms with Crippen molar-refractivity contribution in [2.45, 2.75) is 6.92 Å². The van der Waals surface area contributed by atoms with Crippen LogP contribution in [0, 0.1) is 24.8 Å². The van der Waals surface area contributed by atoms with Crippen LogP contribution in [0.5, 0.6) is 0 Å². The highest BCUT2D eigenvalue weighted by molar-refractivity contribution is 6.13. The second-order valence-electron chi connectivity index (χ2n) is 14.1. The lowest BCUT2D eigenvalue weighted by Gasteiger charge is -2.19. The van der Waals surface area contributed by atoms with Gasteiger partial charge < -0.3 is 9.13 Å². The van der Waals surface area contributed by atoms with E-state index in [1.54, 1.807) is 0 Å². The van der Waals surface area contributed by atoms with E-state index in [-0.39, 0.29) is 0 Å². The van der Waals surface area contributed by atoms with Crippen LogP contribution in [0.3, 0.4) is 0 Å². The van der Waals surface area contributed by atoms with Crippen molar-refractivity contribution in [1.29, 1.82) is 5.26 Å². The summed E-state index contributed by atoms with van der Waals surface area (Å²) >= 11 is 0. The molecule has 0 saturated heterocycles. The topological polar surface area (TPSA) is 38.0 Å². The van der Waals surface area contributed by atoms with Crippen molar-refractivity contribution >= 4 is 49.3 Å². The van der Waals surface area contributed by atoms with Gasteiger partial charge in [-0.05, 0) is 95.4 Å². The summed E-state index contributed by atoms with van der Waals surface area (Å²) in [6.45, 7) is 10.7. The lowest BCUT2D eigenvalue weighted by molar-refractivity contribution is 1.15. The van der Waals surface area contributed by atoms with Crippen LogP contribution in [0.2, 0.25) is 0 Å². The van der Waals surface area contributed by atoms with Crippen molar-refractivity contribution in [3.05, 3.63) is 198 Å². The first-order valence-corrected chi connectivity index (χ1v) is 18.4. The first-order valence-electron chi connectivity index (χ1n) is 18.4. The van der Waals surface area contributed by atoms with E-state index in [0.29, 0.717) is 11.3 Å². The number of benzene rings is 8. The molecular weight excluding hydrogens is 669 g/mol. The molecule has 0 saturated carbocycles. The number of nitrogens with zero attached hydrogens (tertiary/aromatic N) is 4. The molecule has 0 aliphatic carbocycles. The second-order valence-corrected chi connectivity index (χ2v) is 14.1. The maximum atomic E-state index is 10.0. The van der Waals surface area contributed by atoms with Gasteiger partial charge in [0.25, 0.3) is 0 Å². The third-order valence-corrected chi connectivity index (χ3v) is 10.8. The van der Waals surface area contributed by atoms with Crippen molar-refractivity contribution in [1.82, 2.24) is 9.13 Å². The third-order valence-electron chi connectivity index (χ3n) is 10.8. The molecule has 0 unspecified atom stereocenters. The number of fused-ring (bicyclic) bond motifs is 6. The Morgan fingerprint density at radius 3 is 1.60 bits per heavy atom. The fourth-order valence-electron chi connectivity index (χ4n) is 8.21. The Labute approximate surface area is 318 Å². The molecule has 10 aromatic rings. The lowest BCUT2D eigenvalue weighted by atomic mass is 9.99. The van der Waals surface area contributed by atoms with E-state index in [4.69, 9.17) is 6.57 Å². The number of nitriles is 1. The molecule has 4 nitrogen and oxygen atoms in total. The fourth-order valence-corrected chi connectivity index (χ4v) is 8.21. The first kappa shape index (κ1) is 32.0. The van der Waals surface area contributed by atoms with Gasteiger partial charge in [-0.15, -0.1) is 0 Å². The van der Waals surface area contributed by atoms with Gasteiger partial charge in [0.15, 0.2) is 0 Å². The average molecular weight is 701 g/mol. The van der Waals surface area contributed by atoms with E-state index >= 15 is 0 Å². The molecule has 2 aromatic heterocycles. The van der Waals surface area contributed by atoms with E-state index in [2.05, 4.69) is 173 Å². The SMILES string of the molecule is [C-]#[N+]c1cc(-n2c3ccccc3c3cc(-c4ccccc4)ccc32)c(-c2cccc(C#N)c2)cc1-n1c2ccccc2c2cc(-c3ccc(C)cc3)ccc21. The zero-order chi connectivity index (χ0) is 37.0. The Hall–Kier alpha value is -7.66. The molecule has 0 N–H and O–H groups in total. The summed E-state index contributed by atoms with van der Waals surface area (Å²) in [6, 6.07) is 63.6. The Balaban J connectivity index is 1.27. The molecule has 2 heterocycles. The average Bonchev–Trinajstić information content (AvgIpc) is 3.76. The van der Waals surface area contributed by atoms with Crippen molar-refractivity contribution < 1.29 is 0 Å². The molecule has 0 bridgehead atoms. The van der Waals surface area contributed by atoms with Crippen LogP contribution in [0.4, 0.5) is 5.69 Å².